The minimum atomic E-state index is -0.133. The fourth-order valence-electron chi connectivity index (χ4n) is 3.23. The van der Waals surface area contributed by atoms with Crippen molar-refractivity contribution in [3.63, 3.8) is 0 Å². The van der Waals surface area contributed by atoms with Crippen molar-refractivity contribution >= 4 is 23.2 Å². The molecule has 0 aliphatic carbocycles. The molecule has 2 aromatic heterocycles. The van der Waals surface area contributed by atoms with E-state index in [2.05, 4.69) is 25.7 Å². The highest BCUT2D eigenvalue weighted by Crippen LogP contribution is 2.14. The smallest absolute Gasteiger partial charge is 0.264 e. The topological polar surface area (TPSA) is 96.2 Å². The van der Waals surface area contributed by atoms with Crippen molar-refractivity contribution in [2.24, 2.45) is 0 Å². The monoisotopic (exact) mass is 411 g/mol. The van der Waals surface area contributed by atoms with Gasteiger partial charge in [0.2, 0.25) is 0 Å². The zero-order valence-corrected chi connectivity index (χ0v) is 16.6. The van der Waals surface area contributed by atoms with E-state index in [0.29, 0.717) is 25.2 Å². The molecular formula is C19H21N7O2S. The second-order valence-electron chi connectivity index (χ2n) is 6.67. The minimum Gasteiger partial charge on any atom is -0.351 e. The normalized spacial score (nSPS) is 14.7. The van der Waals surface area contributed by atoms with Crippen LogP contribution in [0.5, 0.6) is 0 Å². The number of hydrogen-bond acceptors (Lipinski definition) is 7. The summed E-state index contributed by atoms with van der Waals surface area (Å²) >= 11 is 1.48. The number of rotatable bonds is 6. The number of amides is 2. The zero-order valence-electron chi connectivity index (χ0n) is 15.8. The molecule has 0 atom stereocenters. The maximum Gasteiger partial charge on any atom is 0.264 e. The molecule has 3 aromatic rings. The maximum absolute atomic E-state index is 12.4. The summed E-state index contributed by atoms with van der Waals surface area (Å²) in [5, 5.41) is 15.9. The fraction of sp³-hybridized carbons (Fsp3) is 0.316. The number of aromatic nitrogens is 4. The van der Waals surface area contributed by atoms with Crippen LogP contribution in [0.4, 0.5) is 0 Å². The third-order valence-electron chi connectivity index (χ3n) is 4.83. The number of nitrogens with zero attached hydrogens (tertiary/aromatic N) is 6. The number of benzene rings is 1. The molecular weight excluding hydrogens is 390 g/mol. The first-order chi connectivity index (χ1) is 14.2. The van der Waals surface area contributed by atoms with Gasteiger partial charge in [0.1, 0.15) is 6.33 Å². The van der Waals surface area contributed by atoms with Gasteiger partial charge >= 0.3 is 0 Å². The molecule has 1 aromatic carbocycles. The van der Waals surface area contributed by atoms with E-state index in [9.17, 15) is 9.59 Å². The number of carbonyl (C=O) groups is 2. The van der Waals surface area contributed by atoms with Crippen molar-refractivity contribution in [2.75, 3.05) is 39.3 Å². The third kappa shape index (κ3) is 4.66. The predicted octanol–water partition coefficient (Wildman–Crippen LogP) is 0.912. The van der Waals surface area contributed by atoms with E-state index in [0.717, 1.165) is 30.2 Å². The third-order valence-corrected chi connectivity index (χ3v) is 5.68. The molecule has 2 amide bonds. The van der Waals surface area contributed by atoms with E-state index >= 15 is 0 Å². The number of piperazine rings is 1. The van der Waals surface area contributed by atoms with Gasteiger partial charge in [-0.25, -0.2) is 4.68 Å². The molecule has 0 spiro atoms. The Labute approximate surface area is 171 Å². The Balaban J connectivity index is 1.22. The lowest BCUT2D eigenvalue weighted by Gasteiger charge is -2.34. The number of hydrogen-bond donors (Lipinski definition) is 1. The van der Waals surface area contributed by atoms with Crippen LogP contribution in [-0.4, -0.2) is 81.1 Å². The van der Waals surface area contributed by atoms with E-state index < -0.39 is 0 Å². The Morgan fingerprint density at radius 1 is 1.10 bits per heavy atom. The summed E-state index contributed by atoms with van der Waals surface area (Å²) in [6.07, 6.45) is 1.49. The second-order valence-corrected chi connectivity index (χ2v) is 7.62. The molecule has 10 heteroatoms. The molecule has 1 N–H and O–H groups in total. The average Bonchev–Trinajstić information content (AvgIpc) is 3.48. The van der Waals surface area contributed by atoms with Gasteiger partial charge in [0.15, 0.2) is 0 Å². The van der Waals surface area contributed by atoms with E-state index in [-0.39, 0.29) is 11.8 Å². The van der Waals surface area contributed by atoms with Crippen LogP contribution in [0.3, 0.4) is 0 Å². The highest BCUT2D eigenvalue weighted by Gasteiger charge is 2.22. The summed E-state index contributed by atoms with van der Waals surface area (Å²) in [5.74, 6) is -0.0261. The van der Waals surface area contributed by atoms with Gasteiger partial charge < -0.3 is 10.2 Å². The molecule has 0 radical (unpaired) electrons. The van der Waals surface area contributed by atoms with Crippen LogP contribution in [0, 0.1) is 0 Å². The average molecular weight is 411 g/mol. The van der Waals surface area contributed by atoms with Crippen LogP contribution in [0.25, 0.3) is 5.69 Å². The number of thiophene rings is 1. The summed E-state index contributed by atoms with van der Waals surface area (Å²) < 4.78 is 1.51. The second kappa shape index (κ2) is 8.93. The van der Waals surface area contributed by atoms with Crippen molar-refractivity contribution in [2.45, 2.75) is 0 Å². The van der Waals surface area contributed by atoms with Gasteiger partial charge in [-0.05, 0) is 40.1 Å². The van der Waals surface area contributed by atoms with Gasteiger partial charge in [-0.3, -0.25) is 14.5 Å². The molecule has 3 heterocycles. The molecule has 29 heavy (non-hydrogen) atoms. The minimum absolute atomic E-state index is 0.107. The molecule has 0 saturated carbocycles. The van der Waals surface area contributed by atoms with Gasteiger partial charge in [-0.2, -0.15) is 0 Å². The van der Waals surface area contributed by atoms with E-state index in [1.165, 1.54) is 22.3 Å². The molecule has 1 aliphatic heterocycles. The summed E-state index contributed by atoms with van der Waals surface area (Å²) in [7, 11) is 0. The lowest BCUT2D eigenvalue weighted by atomic mass is 10.2. The maximum atomic E-state index is 12.4. The van der Waals surface area contributed by atoms with Crippen LogP contribution in [0.1, 0.15) is 20.0 Å². The fourth-order valence-corrected chi connectivity index (χ4v) is 3.92. The van der Waals surface area contributed by atoms with Gasteiger partial charge in [0.25, 0.3) is 11.8 Å². The van der Waals surface area contributed by atoms with Crippen molar-refractivity contribution in [1.29, 1.82) is 0 Å². The van der Waals surface area contributed by atoms with Crippen molar-refractivity contribution < 1.29 is 9.59 Å². The molecule has 0 bridgehead atoms. The van der Waals surface area contributed by atoms with Gasteiger partial charge in [-0.15, -0.1) is 16.4 Å². The summed E-state index contributed by atoms with van der Waals surface area (Å²) in [5.41, 5.74) is 1.29. The molecule has 4 rings (SSSR count). The largest absolute Gasteiger partial charge is 0.351 e. The van der Waals surface area contributed by atoms with Gasteiger partial charge in [0, 0.05) is 44.8 Å². The SMILES string of the molecule is O=C(NCCN1CCN(C(=O)c2cccs2)CC1)c1cccc(-n2cnnn2)c1. The van der Waals surface area contributed by atoms with Crippen LogP contribution in [0.15, 0.2) is 48.1 Å². The zero-order chi connectivity index (χ0) is 20.1. The van der Waals surface area contributed by atoms with Crippen molar-refractivity contribution in [1.82, 2.24) is 35.3 Å². The molecule has 1 aliphatic rings. The van der Waals surface area contributed by atoms with Crippen LogP contribution < -0.4 is 5.32 Å². The highest BCUT2D eigenvalue weighted by atomic mass is 32.1. The standard InChI is InChI=1S/C19H21N7O2S/c27-18(15-3-1-4-16(13-15)26-14-21-22-23-26)20-6-7-24-8-10-25(11-9-24)19(28)17-5-2-12-29-17/h1-5,12-14H,6-11H2,(H,20,27). The van der Waals surface area contributed by atoms with Crippen LogP contribution in [-0.2, 0) is 0 Å². The lowest BCUT2D eigenvalue weighted by molar-refractivity contribution is 0.0643. The van der Waals surface area contributed by atoms with Crippen LogP contribution in [0.2, 0.25) is 0 Å². The highest BCUT2D eigenvalue weighted by molar-refractivity contribution is 7.12. The lowest BCUT2D eigenvalue weighted by Crippen LogP contribution is -2.50. The molecule has 9 nitrogen and oxygen atoms in total. The van der Waals surface area contributed by atoms with E-state index in [1.54, 1.807) is 18.2 Å². The molecule has 150 valence electrons. The van der Waals surface area contributed by atoms with Gasteiger partial charge in [0.05, 0.1) is 10.6 Å². The van der Waals surface area contributed by atoms with E-state index in [1.807, 2.05) is 28.5 Å². The first-order valence-electron chi connectivity index (χ1n) is 9.37. The Morgan fingerprint density at radius 2 is 1.97 bits per heavy atom. The first kappa shape index (κ1) is 19.2. The van der Waals surface area contributed by atoms with E-state index in [4.69, 9.17) is 0 Å². The molecule has 0 unspecified atom stereocenters. The Hall–Kier alpha value is -3.11. The molecule has 1 saturated heterocycles. The van der Waals surface area contributed by atoms with Crippen molar-refractivity contribution in [3.8, 4) is 5.69 Å². The molecule has 1 fully saturated rings. The number of carbonyl (C=O) groups excluding carboxylic acids is 2. The summed E-state index contributed by atoms with van der Waals surface area (Å²) in [4.78, 5) is 29.8. The Bertz CT molecular complexity index is 951. The summed E-state index contributed by atoms with van der Waals surface area (Å²) in [6, 6.07) is 10.9. The number of tetrazole rings is 1. The van der Waals surface area contributed by atoms with Crippen LogP contribution >= 0.6 is 11.3 Å². The van der Waals surface area contributed by atoms with Crippen molar-refractivity contribution in [3.05, 3.63) is 58.5 Å². The van der Waals surface area contributed by atoms with Gasteiger partial charge in [-0.1, -0.05) is 12.1 Å². The predicted molar refractivity (Wildman–Crippen MR) is 108 cm³/mol. The summed E-state index contributed by atoms with van der Waals surface area (Å²) in [6.45, 7) is 4.33. The number of nitrogens with one attached hydrogen (secondary N) is 1. The quantitative estimate of drug-likeness (QED) is 0.648. The Morgan fingerprint density at radius 3 is 2.69 bits per heavy atom. The Kier molecular flexibility index (Phi) is 5.92. The first-order valence-corrected chi connectivity index (χ1v) is 10.3.